The highest BCUT2D eigenvalue weighted by molar-refractivity contribution is 5.92. The van der Waals surface area contributed by atoms with Gasteiger partial charge in [-0.2, -0.15) is 0 Å². The predicted molar refractivity (Wildman–Crippen MR) is 101 cm³/mol. The predicted octanol–water partition coefficient (Wildman–Crippen LogP) is 4.70. The fourth-order valence-corrected chi connectivity index (χ4v) is 2.31. The van der Waals surface area contributed by atoms with E-state index in [0.29, 0.717) is 24.0 Å². The third-order valence-electron chi connectivity index (χ3n) is 3.78. The van der Waals surface area contributed by atoms with Crippen molar-refractivity contribution in [3.05, 3.63) is 36.4 Å². The van der Waals surface area contributed by atoms with Crippen LogP contribution in [0.15, 0.2) is 36.4 Å². The third-order valence-corrected chi connectivity index (χ3v) is 3.78. The maximum Gasteiger partial charge on any atom is 0.336 e. The first-order chi connectivity index (χ1) is 12.5. The molecule has 1 aromatic rings. The Morgan fingerprint density at radius 1 is 1.04 bits per heavy atom. The summed E-state index contributed by atoms with van der Waals surface area (Å²) in [6, 6.07) is 6.91. The Hall–Kier alpha value is -2.30. The van der Waals surface area contributed by atoms with Crippen molar-refractivity contribution >= 4 is 11.9 Å². The largest absolute Gasteiger partial charge is 0.487 e. The molecule has 0 amide bonds. The van der Waals surface area contributed by atoms with Crippen molar-refractivity contribution in [2.75, 3.05) is 6.61 Å². The summed E-state index contributed by atoms with van der Waals surface area (Å²) in [5, 5.41) is 0. The van der Waals surface area contributed by atoms with E-state index in [1.54, 1.807) is 24.3 Å². The van der Waals surface area contributed by atoms with Crippen molar-refractivity contribution in [2.45, 2.75) is 59.5 Å². The number of hydrogen-bond acceptors (Lipinski definition) is 5. The average molecular weight is 362 g/mol. The molecule has 0 saturated carbocycles. The Morgan fingerprint density at radius 2 is 1.69 bits per heavy atom. The van der Waals surface area contributed by atoms with Crippen LogP contribution in [0.5, 0.6) is 11.5 Å². The van der Waals surface area contributed by atoms with Crippen LogP contribution in [0.2, 0.25) is 0 Å². The minimum atomic E-state index is -0.653. The first-order valence-electron chi connectivity index (χ1n) is 9.28. The lowest BCUT2D eigenvalue weighted by molar-refractivity contribution is -0.139. The maximum atomic E-state index is 11.9. The summed E-state index contributed by atoms with van der Waals surface area (Å²) in [6.07, 6.45) is 6.38. The van der Waals surface area contributed by atoms with E-state index < -0.39 is 11.9 Å². The number of carbonyl (C=O) groups excluding carboxylic acids is 2. The van der Waals surface area contributed by atoms with E-state index in [0.717, 1.165) is 37.8 Å². The molecule has 0 aliphatic heterocycles. The van der Waals surface area contributed by atoms with Crippen molar-refractivity contribution in [1.29, 1.82) is 0 Å². The quantitative estimate of drug-likeness (QED) is 0.324. The van der Waals surface area contributed by atoms with Crippen LogP contribution in [0.3, 0.4) is 0 Å². The lowest BCUT2D eigenvalue weighted by Gasteiger charge is -2.13. The molecule has 0 radical (unpaired) electrons. The molecule has 0 aliphatic rings. The number of esters is 2. The first kappa shape index (κ1) is 21.7. The van der Waals surface area contributed by atoms with E-state index in [4.69, 9.17) is 14.2 Å². The molecule has 1 unspecified atom stereocenters. The number of hydrogen-bond donors (Lipinski definition) is 0. The van der Waals surface area contributed by atoms with Crippen molar-refractivity contribution in [2.24, 2.45) is 5.92 Å². The number of ether oxygens (including phenoxy) is 3. The molecule has 0 heterocycles. The van der Waals surface area contributed by atoms with Gasteiger partial charge in [-0.1, -0.05) is 45.2 Å². The number of para-hydroxylation sites is 2. The number of rotatable bonds is 11. The molecule has 5 heteroatoms. The Bertz CT molecular complexity index is 592. The normalized spacial score (nSPS) is 12.2. The number of unbranched alkanes of at least 4 members (excludes halogenated alkanes) is 1. The molecule has 0 spiro atoms. The van der Waals surface area contributed by atoms with Gasteiger partial charge in [-0.3, -0.25) is 0 Å². The van der Waals surface area contributed by atoms with Gasteiger partial charge in [0.25, 0.3) is 0 Å². The van der Waals surface area contributed by atoms with E-state index in [1.165, 1.54) is 0 Å². The van der Waals surface area contributed by atoms with Crippen LogP contribution in [-0.2, 0) is 14.3 Å². The van der Waals surface area contributed by atoms with Crippen LogP contribution < -0.4 is 9.47 Å². The molecule has 0 aromatic heterocycles. The molecule has 0 saturated heterocycles. The van der Waals surface area contributed by atoms with Gasteiger partial charge in [-0.25, -0.2) is 9.59 Å². The van der Waals surface area contributed by atoms with Gasteiger partial charge < -0.3 is 14.2 Å². The molecule has 0 bridgehead atoms. The smallest absolute Gasteiger partial charge is 0.336 e. The van der Waals surface area contributed by atoms with Gasteiger partial charge in [-0.05, 0) is 38.3 Å². The monoisotopic (exact) mass is 362 g/mol. The number of carbonyl (C=O) groups is 2. The van der Waals surface area contributed by atoms with Gasteiger partial charge in [0.15, 0.2) is 11.5 Å². The molecular formula is C21H30O5. The Morgan fingerprint density at radius 3 is 2.31 bits per heavy atom. The fraction of sp³-hybridized carbons (Fsp3) is 0.524. The zero-order chi connectivity index (χ0) is 19.4. The van der Waals surface area contributed by atoms with E-state index >= 15 is 0 Å². The maximum absolute atomic E-state index is 11.9. The highest BCUT2D eigenvalue weighted by Gasteiger charge is 2.11. The van der Waals surface area contributed by atoms with Gasteiger partial charge in [0, 0.05) is 12.2 Å². The van der Waals surface area contributed by atoms with Crippen molar-refractivity contribution in [3.8, 4) is 11.5 Å². The van der Waals surface area contributed by atoms with Gasteiger partial charge in [0.1, 0.15) is 0 Å². The van der Waals surface area contributed by atoms with E-state index in [-0.39, 0.29) is 6.10 Å². The second kappa shape index (κ2) is 12.1. The van der Waals surface area contributed by atoms with Crippen LogP contribution in [0.4, 0.5) is 0 Å². The highest BCUT2D eigenvalue weighted by Crippen LogP contribution is 2.27. The minimum Gasteiger partial charge on any atom is -0.487 e. The van der Waals surface area contributed by atoms with Gasteiger partial charge in [-0.15, -0.1) is 0 Å². The van der Waals surface area contributed by atoms with Crippen molar-refractivity contribution in [1.82, 2.24) is 0 Å². The van der Waals surface area contributed by atoms with Crippen molar-refractivity contribution < 1.29 is 23.8 Å². The van der Waals surface area contributed by atoms with Crippen LogP contribution in [0.25, 0.3) is 0 Å². The lowest BCUT2D eigenvalue weighted by Crippen LogP contribution is -2.13. The molecule has 0 N–H and O–H groups in total. The summed E-state index contributed by atoms with van der Waals surface area (Å²) < 4.78 is 16.0. The molecule has 0 fully saturated rings. The Balaban J connectivity index is 2.50. The third kappa shape index (κ3) is 8.70. The summed E-state index contributed by atoms with van der Waals surface area (Å²) in [4.78, 5) is 23.7. The summed E-state index contributed by atoms with van der Waals surface area (Å²) in [5.74, 6) is -0.0360. The zero-order valence-corrected chi connectivity index (χ0v) is 16.2. The van der Waals surface area contributed by atoms with Gasteiger partial charge in [0.2, 0.25) is 0 Å². The topological polar surface area (TPSA) is 61.8 Å². The van der Waals surface area contributed by atoms with E-state index in [2.05, 4.69) is 13.8 Å². The average Bonchev–Trinajstić information content (AvgIpc) is 2.61. The molecule has 0 aliphatic carbocycles. The van der Waals surface area contributed by atoms with Crippen LogP contribution in [0, 0.1) is 5.92 Å². The Kier molecular flexibility index (Phi) is 10.1. The van der Waals surface area contributed by atoms with Crippen LogP contribution in [0.1, 0.15) is 53.4 Å². The second-order valence-corrected chi connectivity index (χ2v) is 6.41. The molecule has 144 valence electrons. The highest BCUT2D eigenvalue weighted by atomic mass is 16.6. The summed E-state index contributed by atoms with van der Waals surface area (Å²) in [7, 11) is 0. The minimum absolute atomic E-state index is 0.0420. The molecule has 26 heavy (non-hydrogen) atoms. The number of benzene rings is 1. The van der Waals surface area contributed by atoms with E-state index in [1.807, 2.05) is 13.8 Å². The standard InChI is InChI=1S/C21H30O5/c1-5-7-10-17(6-2)15-24-20(22)13-14-21(23)26-19-12-9-8-11-18(19)25-16(3)4/h8-9,11-14,16-17H,5-7,10,15H2,1-4H3/b14-13+. The Labute approximate surface area is 156 Å². The second-order valence-electron chi connectivity index (χ2n) is 6.41. The van der Waals surface area contributed by atoms with Crippen LogP contribution >= 0.6 is 0 Å². The fourth-order valence-electron chi connectivity index (χ4n) is 2.31. The summed E-state index contributed by atoms with van der Waals surface area (Å²) >= 11 is 0. The van der Waals surface area contributed by atoms with Gasteiger partial charge >= 0.3 is 11.9 Å². The molecular weight excluding hydrogens is 332 g/mol. The zero-order valence-electron chi connectivity index (χ0n) is 16.2. The summed E-state index contributed by atoms with van der Waals surface area (Å²) in [5.41, 5.74) is 0. The molecule has 1 aromatic carbocycles. The SMILES string of the molecule is CCCCC(CC)COC(=O)/C=C/C(=O)Oc1ccccc1OC(C)C. The summed E-state index contributed by atoms with van der Waals surface area (Å²) in [6.45, 7) is 8.37. The van der Waals surface area contributed by atoms with Crippen LogP contribution in [-0.4, -0.2) is 24.6 Å². The molecule has 1 rings (SSSR count). The molecule has 1 atom stereocenters. The molecule has 5 nitrogen and oxygen atoms in total. The van der Waals surface area contributed by atoms with E-state index in [9.17, 15) is 9.59 Å². The first-order valence-corrected chi connectivity index (χ1v) is 9.28. The van der Waals surface area contributed by atoms with Gasteiger partial charge in [0.05, 0.1) is 12.7 Å². The van der Waals surface area contributed by atoms with Crippen molar-refractivity contribution in [3.63, 3.8) is 0 Å². The lowest BCUT2D eigenvalue weighted by atomic mass is 10.0.